The second-order valence-corrected chi connectivity index (χ2v) is 3.06. The second kappa shape index (κ2) is 5.16. The van der Waals surface area contributed by atoms with Crippen LogP contribution in [0.3, 0.4) is 0 Å². The van der Waals surface area contributed by atoms with Crippen molar-refractivity contribution in [1.82, 2.24) is 4.98 Å². The van der Waals surface area contributed by atoms with Gasteiger partial charge in [-0.05, 0) is 6.92 Å². The summed E-state index contributed by atoms with van der Waals surface area (Å²) in [5, 5.41) is -0.504. The molecule has 0 atom stereocenters. The van der Waals surface area contributed by atoms with Gasteiger partial charge < -0.3 is 4.74 Å². The number of carbonyl (C=O) groups is 1. The average Bonchev–Trinajstić information content (AvgIpc) is 2.20. The van der Waals surface area contributed by atoms with Gasteiger partial charge in [-0.25, -0.2) is 22.9 Å². The van der Waals surface area contributed by atoms with Gasteiger partial charge >= 0.3 is 5.97 Å². The predicted molar refractivity (Wildman–Crippen MR) is 50.1 cm³/mol. The van der Waals surface area contributed by atoms with Crippen LogP contribution in [0.1, 0.15) is 29.3 Å². The van der Waals surface area contributed by atoms with Crippen LogP contribution in [0.25, 0.3) is 0 Å². The molecule has 1 heterocycles. The Labute approximate surface area is 94.2 Å². The van der Waals surface area contributed by atoms with Crippen LogP contribution in [-0.2, 0) is 4.74 Å². The lowest BCUT2D eigenvalue weighted by Crippen LogP contribution is -2.12. The van der Waals surface area contributed by atoms with Crippen molar-refractivity contribution in [2.45, 2.75) is 13.3 Å². The largest absolute Gasteiger partial charge is 0.462 e. The molecule has 7 heteroatoms. The molecule has 16 heavy (non-hydrogen) atoms. The average molecular weight is 254 g/mol. The van der Waals surface area contributed by atoms with E-state index >= 15 is 0 Å². The van der Waals surface area contributed by atoms with Crippen molar-refractivity contribution in [2.24, 2.45) is 0 Å². The second-order valence-electron chi connectivity index (χ2n) is 2.71. The van der Waals surface area contributed by atoms with Gasteiger partial charge in [0.25, 0.3) is 6.43 Å². The molecule has 3 nitrogen and oxygen atoms in total. The van der Waals surface area contributed by atoms with Crippen LogP contribution in [-0.4, -0.2) is 17.6 Å². The third-order valence-electron chi connectivity index (χ3n) is 1.72. The normalized spacial score (nSPS) is 10.6. The molecule has 0 spiro atoms. The zero-order chi connectivity index (χ0) is 12.3. The third kappa shape index (κ3) is 2.44. The first-order chi connectivity index (χ1) is 7.49. The number of esters is 1. The van der Waals surface area contributed by atoms with Gasteiger partial charge in [0.15, 0.2) is 5.82 Å². The van der Waals surface area contributed by atoms with Crippen molar-refractivity contribution < 1.29 is 22.7 Å². The monoisotopic (exact) mass is 253 g/mol. The summed E-state index contributed by atoms with van der Waals surface area (Å²) in [7, 11) is 0. The Morgan fingerprint density at radius 1 is 1.62 bits per heavy atom. The van der Waals surface area contributed by atoms with Gasteiger partial charge in [-0.3, -0.25) is 0 Å². The lowest BCUT2D eigenvalue weighted by molar-refractivity contribution is 0.0513. The number of ether oxygens (including phenoxy) is 1. The minimum Gasteiger partial charge on any atom is -0.462 e. The molecule has 0 saturated heterocycles. The minimum absolute atomic E-state index is 0.0334. The molecule has 0 amide bonds. The number of rotatable bonds is 3. The van der Waals surface area contributed by atoms with E-state index in [0.29, 0.717) is 6.20 Å². The van der Waals surface area contributed by atoms with Gasteiger partial charge in [0.1, 0.15) is 10.7 Å². The summed E-state index contributed by atoms with van der Waals surface area (Å²) >= 11 is 5.46. The Morgan fingerprint density at radius 2 is 2.25 bits per heavy atom. The number of aromatic nitrogens is 1. The quantitative estimate of drug-likeness (QED) is 0.614. The van der Waals surface area contributed by atoms with E-state index < -0.39 is 34.5 Å². The van der Waals surface area contributed by atoms with Crippen LogP contribution in [0.2, 0.25) is 5.15 Å². The van der Waals surface area contributed by atoms with E-state index in [9.17, 15) is 18.0 Å². The molecule has 1 rings (SSSR count). The summed E-state index contributed by atoms with van der Waals surface area (Å²) in [6.45, 7) is 1.45. The van der Waals surface area contributed by atoms with E-state index in [1.807, 2.05) is 0 Å². The number of carbonyl (C=O) groups excluding carboxylic acids is 1. The Balaban J connectivity index is 3.34. The predicted octanol–water partition coefficient (Wildman–Crippen LogP) is 2.99. The van der Waals surface area contributed by atoms with Crippen molar-refractivity contribution in [3.63, 3.8) is 0 Å². The number of hydrogen-bond acceptors (Lipinski definition) is 3. The van der Waals surface area contributed by atoms with Gasteiger partial charge in [0.05, 0.1) is 18.4 Å². The Hall–Kier alpha value is -1.30. The molecule has 0 aliphatic carbocycles. The van der Waals surface area contributed by atoms with Crippen molar-refractivity contribution in [3.8, 4) is 0 Å². The van der Waals surface area contributed by atoms with Crippen molar-refractivity contribution in [2.75, 3.05) is 6.61 Å². The highest BCUT2D eigenvalue weighted by molar-refractivity contribution is 6.32. The van der Waals surface area contributed by atoms with E-state index in [1.165, 1.54) is 6.92 Å². The molecule has 0 fully saturated rings. The summed E-state index contributed by atoms with van der Waals surface area (Å²) in [5.74, 6) is -2.41. The van der Waals surface area contributed by atoms with Crippen molar-refractivity contribution >= 4 is 17.6 Å². The zero-order valence-corrected chi connectivity index (χ0v) is 8.89. The highest BCUT2D eigenvalue weighted by Gasteiger charge is 2.27. The first kappa shape index (κ1) is 12.8. The summed E-state index contributed by atoms with van der Waals surface area (Å²) in [6, 6.07) is 0. The number of halogens is 4. The molecule has 1 aromatic heterocycles. The maximum absolute atomic E-state index is 13.1. The van der Waals surface area contributed by atoms with Crippen LogP contribution in [0.5, 0.6) is 0 Å². The maximum Gasteiger partial charge on any atom is 0.341 e. The van der Waals surface area contributed by atoms with Gasteiger partial charge in [0, 0.05) is 0 Å². The van der Waals surface area contributed by atoms with Crippen molar-refractivity contribution in [1.29, 1.82) is 0 Å². The first-order valence-electron chi connectivity index (χ1n) is 4.28. The van der Waals surface area contributed by atoms with Crippen LogP contribution >= 0.6 is 11.6 Å². The topological polar surface area (TPSA) is 39.2 Å². The molecule has 0 N–H and O–H groups in total. The van der Waals surface area contributed by atoms with E-state index in [0.717, 1.165) is 0 Å². The Kier molecular flexibility index (Phi) is 4.12. The minimum atomic E-state index is -3.17. The summed E-state index contributed by atoms with van der Waals surface area (Å²) < 4.78 is 42.6. The molecule has 0 radical (unpaired) electrons. The molecule has 1 aromatic rings. The molecule has 0 unspecified atom stereocenters. The Bertz CT molecular complexity index is 412. The maximum atomic E-state index is 13.1. The van der Waals surface area contributed by atoms with Crippen LogP contribution in [0, 0.1) is 5.82 Å². The molecule has 0 aliphatic rings. The smallest absolute Gasteiger partial charge is 0.341 e. The van der Waals surface area contributed by atoms with Gasteiger partial charge in [-0.2, -0.15) is 0 Å². The first-order valence-corrected chi connectivity index (χ1v) is 4.66. The van der Waals surface area contributed by atoms with E-state index in [-0.39, 0.29) is 6.61 Å². The molecule has 88 valence electrons. The van der Waals surface area contributed by atoms with E-state index in [4.69, 9.17) is 11.6 Å². The number of nitrogens with zero attached hydrogens (tertiary/aromatic N) is 1. The Morgan fingerprint density at radius 3 is 2.75 bits per heavy atom. The number of pyridine rings is 1. The summed E-state index contributed by atoms with van der Waals surface area (Å²) in [4.78, 5) is 14.6. The zero-order valence-electron chi connectivity index (χ0n) is 8.14. The fourth-order valence-corrected chi connectivity index (χ4v) is 1.32. The lowest BCUT2D eigenvalue weighted by atomic mass is 10.1. The van der Waals surface area contributed by atoms with Gasteiger partial charge in [0.2, 0.25) is 0 Å². The fraction of sp³-hybridized carbons (Fsp3) is 0.333. The molecule has 0 saturated carbocycles. The molecule has 0 aliphatic heterocycles. The standard InChI is InChI=1S/C9H7ClF3NO2/c1-2-16-9(15)6-5(8(12)13)4(11)3-14-7(6)10/h3,8H,2H2,1H3. The highest BCUT2D eigenvalue weighted by atomic mass is 35.5. The van der Waals surface area contributed by atoms with Gasteiger partial charge in [-0.15, -0.1) is 0 Å². The number of hydrogen-bond donors (Lipinski definition) is 0. The SMILES string of the molecule is CCOC(=O)c1c(Cl)ncc(F)c1C(F)F. The summed E-state index contributed by atoms with van der Waals surface area (Å²) in [5.41, 5.74) is -1.81. The van der Waals surface area contributed by atoms with Crippen molar-refractivity contribution in [3.05, 3.63) is 28.3 Å². The third-order valence-corrected chi connectivity index (χ3v) is 2.01. The molecule has 0 bridgehead atoms. The van der Waals surface area contributed by atoms with E-state index in [2.05, 4.69) is 9.72 Å². The number of alkyl halides is 2. The highest BCUT2D eigenvalue weighted by Crippen LogP contribution is 2.29. The molecular weight excluding hydrogens is 247 g/mol. The van der Waals surface area contributed by atoms with Crippen LogP contribution in [0.4, 0.5) is 13.2 Å². The molecular formula is C9H7ClF3NO2. The fourth-order valence-electron chi connectivity index (χ4n) is 1.09. The molecule has 0 aromatic carbocycles. The lowest BCUT2D eigenvalue weighted by Gasteiger charge is -2.09. The van der Waals surface area contributed by atoms with Crippen LogP contribution in [0.15, 0.2) is 6.20 Å². The van der Waals surface area contributed by atoms with Crippen LogP contribution < -0.4 is 0 Å². The summed E-state index contributed by atoms with van der Waals surface area (Å²) in [6.07, 6.45) is -2.63. The van der Waals surface area contributed by atoms with E-state index in [1.54, 1.807) is 0 Å². The van der Waals surface area contributed by atoms with Gasteiger partial charge in [-0.1, -0.05) is 11.6 Å².